The van der Waals surface area contributed by atoms with Gasteiger partial charge in [0.05, 0.1) is 5.02 Å². The van der Waals surface area contributed by atoms with Gasteiger partial charge < -0.3 is 0 Å². The SMILES string of the molecule is O=S(=O)(Nc1ccnc(Cl)n1)c1cc(F)ccc1Cl. The number of nitrogens with zero attached hydrogens (tertiary/aromatic N) is 2. The summed E-state index contributed by atoms with van der Waals surface area (Å²) in [4.78, 5) is 6.89. The van der Waals surface area contributed by atoms with Crippen LogP contribution in [0.5, 0.6) is 0 Å². The molecule has 19 heavy (non-hydrogen) atoms. The molecule has 0 saturated heterocycles. The zero-order valence-corrected chi connectivity index (χ0v) is 11.5. The summed E-state index contributed by atoms with van der Waals surface area (Å²) in [5.41, 5.74) is 0. The number of halogens is 3. The molecule has 0 atom stereocenters. The maximum Gasteiger partial charge on any atom is 0.264 e. The highest BCUT2D eigenvalue weighted by molar-refractivity contribution is 7.92. The van der Waals surface area contributed by atoms with E-state index in [1.54, 1.807) is 0 Å². The van der Waals surface area contributed by atoms with E-state index in [2.05, 4.69) is 14.7 Å². The molecule has 0 bridgehead atoms. The van der Waals surface area contributed by atoms with Crippen molar-refractivity contribution in [2.75, 3.05) is 4.72 Å². The number of rotatable bonds is 3. The lowest BCUT2D eigenvalue weighted by Gasteiger charge is -2.08. The Hall–Kier alpha value is -1.44. The average molecular weight is 322 g/mol. The van der Waals surface area contributed by atoms with Crippen molar-refractivity contribution >= 4 is 39.0 Å². The predicted molar refractivity (Wildman–Crippen MR) is 69.3 cm³/mol. The first-order valence-corrected chi connectivity index (χ1v) is 7.09. The topological polar surface area (TPSA) is 72.0 Å². The van der Waals surface area contributed by atoms with Gasteiger partial charge >= 0.3 is 0 Å². The van der Waals surface area contributed by atoms with E-state index in [1.807, 2.05) is 0 Å². The van der Waals surface area contributed by atoms with E-state index in [9.17, 15) is 12.8 Å². The van der Waals surface area contributed by atoms with Crippen molar-refractivity contribution in [2.45, 2.75) is 4.90 Å². The minimum atomic E-state index is -4.05. The van der Waals surface area contributed by atoms with E-state index >= 15 is 0 Å². The second kappa shape index (κ2) is 5.28. The molecule has 1 aromatic carbocycles. The van der Waals surface area contributed by atoms with Crippen LogP contribution < -0.4 is 4.72 Å². The molecule has 2 aromatic rings. The van der Waals surface area contributed by atoms with Crippen molar-refractivity contribution in [3.8, 4) is 0 Å². The number of anilines is 1. The molecule has 0 fully saturated rings. The molecule has 2 rings (SSSR count). The van der Waals surface area contributed by atoms with Crippen LogP contribution in [0.3, 0.4) is 0 Å². The third-order valence-corrected chi connectivity index (χ3v) is 4.07. The second-order valence-corrected chi connectivity index (χ2v) is 5.79. The minimum Gasteiger partial charge on any atom is -0.263 e. The molecule has 0 spiro atoms. The Labute approximate surface area is 118 Å². The predicted octanol–water partition coefficient (Wildman–Crippen LogP) is 2.72. The molecule has 0 aliphatic carbocycles. The Kier molecular flexibility index (Phi) is 3.88. The van der Waals surface area contributed by atoms with Crippen LogP contribution in [0.2, 0.25) is 10.3 Å². The zero-order chi connectivity index (χ0) is 14.0. The smallest absolute Gasteiger partial charge is 0.263 e. The first kappa shape index (κ1) is 14.0. The Bertz CT molecular complexity index is 724. The summed E-state index contributed by atoms with van der Waals surface area (Å²) in [6.07, 6.45) is 1.28. The van der Waals surface area contributed by atoms with Crippen molar-refractivity contribution in [3.63, 3.8) is 0 Å². The van der Waals surface area contributed by atoms with Crippen LogP contribution in [-0.4, -0.2) is 18.4 Å². The van der Waals surface area contributed by atoms with Gasteiger partial charge in [0.15, 0.2) is 0 Å². The van der Waals surface area contributed by atoms with Gasteiger partial charge in [0.25, 0.3) is 10.0 Å². The monoisotopic (exact) mass is 321 g/mol. The molecule has 0 radical (unpaired) electrons. The summed E-state index contributed by atoms with van der Waals surface area (Å²) in [6.45, 7) is 0. The number of hydrogen-bond donors (Lipinski definition) is 1. The fraction of sp³-hybridized carbons (Fsp3) is 0. The molecule has 9 heteroatoms. The highest BCUT2D eigenvalue weighted by Crippen LogP contribution is 2.24. The quantitative estimate of drug-likeness (QED) is 0.882. The van der Waals surface area contributed by atoms with E-state index in [0.29, 0.717) is 0 Å². The highest BCUT2D eigenvalue weighted by atomic mass is 35.5. The van der Waals surface area contributed by atoms with Crippen LogP contribution in [0, 0.1) is 5.82 Å². The Morgan fingerprint density at radius 2 is 1.95 bits per heavy atom. The summed E-state index contributed by atoms with van der Waals surface area (Å²) in [7, 11) is -4.05. The van der Waals surface area contributed by atoms with Crippen molar-refractivity contribution in [3.05, 3.63) is 46.6 Å². The molecule has 0 unspecified atom stereocenters. The largest absolute Gasteiger partial charge is 0.264 e. The molecular formula is C10H6Cl2FN3O2S. The number of sulfonamides is 1. The molecule has 1 aromatic heterocycles. The van der Waals surface area contributed by atoms with E-state index in [1.165, 1.54) is 12.3 Å². The maximum absolute atomic E-state index is 13.1. The molecule has 1 heterocycles. The van der Waals surface area contributed by atoms with Gasteiger partial charge in [-0.05, 0) is 35.9 Å². The second-order valence-electron chi connectivity index (χ2n) is 3.39. The standard InChI is InChI=1S/C10H6Cl2FN3O2S/c11-7-2-1-6(13)5-8(7)19(17,18)16-9-3-4-14-10(12)15-9/h1-5H,(H,14,15,16). The van der Waals surface area contributed by atoms with Gasteiger partial charge in [-0.1, -0.05) is 11.6 Å². The van der Waals surface area contributed by atoms with Gasteiger partial charge in [0, 0.05) is 6.20 Å². The van der Waals surface area contributed by atoms with Crippen LogP contribution >= 0.6 is 23.2 Å². The van der Waals surface area contributed by atoms with Gasteiger partial charge in [0.2, 0.25) is 5.28 Å². The molecule has 1 N–H and O–H groups in total. The molecule has 5 nitrogen and oxygen atoms in total. The van der Waals surface area contributed by atoms with Gasteiger partial charge in [-0.2, -0.15) is 4.98 Å². The summed E-state index contributed by atoms with van der Waals surface area (Å²) in [6, 6.07) is 4.32. The lowest BCUT2D eigenvalue weighted by Crippen LogP contribution is -2.14. The van der Waals surface area contributed by atoms with Gasteiger partial charge in [-0.25, -0.2) is 17.8 Å². The van der Waals surface area contributed by atoms with Crippen LogP contribution in [0.25, 0.3) is 0 Å². The van der Waals surface area contributed by atoms with Crippen LogP contribution in [0.4, 0.5) is 10.2 Å². The summed E-state index contributed by atoms with van der Waals surface area (Å²) in [5, 5.41) is -0.223. The van der Waals surface area contributed by atoms with Crippen LogP contribution in [-0.2, 0) is 10.0 Å². The Balaban J connectivity index is 2.40. The minimum absolute atomic E-state index is 0.0414. The molecular weight excluding hydrogens is 316 g/mol. The van der Waals surface area contributed by atoms with Gasteiger partial charge in [-0.15, -0.1) is 0 Å². The highest BCUT2D eigenvalue weighted by Gasteiger charge is 2.19. The van der Waals surface area contributed by atoms with Gasteiger partial charge in [0.1, 0.15) is 16.5 Å². The molecule has 0 aliphatic rings. The average Bonchev–Trinajstić information content (AvgIpc) is 2.31. The number of nitrogens with one attached hydrogen (secondary N) is 1. The summed E-state index contributed by atoms with van der Waals surface area (Å²) < 4.78 is 39.3. The summed E-state index contributed by atoms with van der Waals surface area (Å²) in [5.74, 6) is -0.758. The van der Waals surface area contributed by atoms with E-state index in [4.69, 9.17) is 23.2 Å². The number of hydrogen-bond acceptors (Lipinski definition) is 4. The zero-order valence-electron chi connectivity index (χ0n) is 9.14. The van der Waals surface area contributed by atoms with Crippen molar-refractivity contribution in [1.29, 1.82) is 0 Å². The molecule has 0 aliphatic heterocycles. The fourth-order valence-electron chi connectivity index (χ4n) is 1.27. The number of aromatic nitrogens is 2. The molecule has 0 saturated carbocycles. The molecule has 100 valence electrons. The van der Waals surface area contributed by atoms with Crippen molar-refractivity contribution in [2.24, 2.45) is 0 Å². The lowest BCUT2D eigenvalue weighted by molar-refractivity contribution is 0.595. The Morgan fingerprint density at radius 3 is 2.63 bits per heavy atom. The Morgan fingerprint density at radius 1 is 1.21 bits per heavy atom. The third kappa shape index (κ3) is 3.31. The molecule has 0 amide bonds. The van der Waals surface area contributed by atoms with Gasteiger partial charge in [-0.3, -0.25) is 4.72 Å². The van der Waals surface area contributed by atoms with E-state index in [0.717, 1.165) is 18.2 Å². The van der Waals surface area contributed by atoms with E-state index < -0.39 is 15.8 Å². The summed E-state index contributed by atoms with van der Waals surface area (Å²) >= 11 is 11.3. The first-order chi connectivity index (χ1) is 8.88. The van der Waals surface area contributed by atoms with E-state index in [-0.39, 0.29) is 21.0 Å². The van der Waals surface area contributed by atoms with Crippen molar-refractivity contribution in [1.82, 2.24) is 9.97 Å². The normalized spacial score (nSPS) is 11.3. The first-order valence-electron chi connectivity index (χ1n) is 4.85. The van der Waals surface area contributed by atoms with Crippen LogP contribution in [0.15, 0.2) is 35.4 Å². The fourth-order valence-corrected chi connectivity index (χ4v) is 2.93. The third-order valence-electron chi connectivity index (χ3n) is 2.05. The van der Waals surface area contributed by atoms with Crippen molar-refractivity contribution < 1.29 is 12.8 Å². The maximum atomic E-state index is 13.1. The lowest BCUT2D eigenvalue weighted by atomic mass is 10.3. The van der Waals surface area contributed by atoms with Crippen LogP contribution in [0.1, 0.15) is 0 Å². The number of benzene rings is 1.